The predicted octanol–water partition coefficient (Wildman–Crippen LogP) is 0.0737. The number of benzene rings is 1. The van der Waals surface area contributed by atoms with E-state index in [1.54, 1.807) is 7.05 Å². The van der Waals surface area contributed by atoms with Crippen molar-refractivity contribution in [2.24, 2.45) is 14.1 Å². The maximum atomic E-state index is 12.6. The molecule has 1 aliphatic heterocycles. The number of amides is 1. The highest BCUT2D eigenvalue weighted by Crippen LogP contribution is 2.31. The van der Waals surface area contributed by atoms with Gasteiger partial charge in [-0.2, -0.15) is 0 Å². The molecule has 140 valence electrons. The molecule has 0 fully saturated rings. The summed E-state index contributed by atoms with van der Waals surface area (Å²) in [6.45, 7) is 0.460. The van der Waals surface area contributed by atoms with Gasteiger partial charge in [0.15, 0.2) is 11.2 Å². The number of fused-ring (bicyclic) bond motifs is 2. The minimum absolute atomic E-state index is 0.0660. The number of hydrogen-bond donors (Lipinski definition) is 1. The van der Waals surface area contributed by atoms with Crippen molar-refractivity contribution in [2.75, 3.05) is 6.61 Å². The van der Waals surface area contributed by atoms with Gasteiger partial charge in [-0.1, -0.05) is 18.2 Å². The van der Waals surface area contributed by atoms with Gasteiger partial charge < -0.3 is 14.6 Å². The molecule has 1 N–H and O–H groups in total. The smallest absolute Gasteiger partial charge is 0.332 e. The first kappa shape index (κ1) is 17.1. The van der Waals surface area contributed by atoms with E-state index in [4.69, 9.17) is 4.74 Å². The molecule has 27 heavy (non-hydrogen) atoms. The molecule has 1 amide bonds. The van der Waals surface area contributed by atoms with Crippen molar-refractivity contribution in [3.05, 3.63) is 57.0 Å². The second-order valence-electron chi connectivity index (χ2n) is 6.55. The fourth-order valence-corrected chi connectivity index (χ4v) is 3.40. The average molecular weight is 369 g/mol. The van der Waals surface area contributed by atoms with Crippen LogP contribution in [0.1, 0.15) is 18.0 Å². The van der Waals surface area contributed by atoms with Crippen molar-refractivity contribution in [2.45, 2.75) is 19.0 Å². The quantitative estimate of drug-likeness (QED) is 0.704. The van der Waals surface area contributed by atoms with Gasteiger partial charge in [-0.15, -0.1) is 0 Å². The summed E-state index contributed by atoms with van der Waals surface area (Å²) in [6.07, 6.45) is 2.08. The molecule has 0 saturated carbocycles. The maximum absolute atomic E-state index is 12.6. The third kappa shape index (κ3) is 2.80. The normalized spacial score (nSPS) is 16.0. The second kappa shape index (κ2) is 6.42. The lowest BCUT2D eigenvalue weighted by molar-refractivity contribution is -0.122. The third-order valence-corrected chi connectivity index (χ3v) is 4.82. The Morgan fingerprint density at radius 2 is 2.04 bits per heavy atom. The molecule has 0 unspecified atom stereocenters. The van der Waals surface area contributed by atoms with E-state index in [0.717, 1.165) is 15.9 Å². The summed E-state index contributed by atoms with van der Waals surface area (Å²) in [5.41, 5.74) is 0.483. The maximum Gasteiger partial charge on any atom is 0.332 e. The first-order valence-electron chi connectivity index (χ1n) is 8.59. The zero-order valence-electron chi connectivity index (χ0n) is 15.0. The van der Waals surface area contributed by atoms with Crippen LogP contribution in [-0.2, 0) is 25.4 Å². The highest BCUT2D eigenvalue weighted by molar-refractivity contribution is 5.79. The summed E-state index contributed by atoms with van der Waals surface area (Å²) in [5, 5.41) is 2.99. The summed E-state index contributed by atoms with van der Waals surface area (Å²) >= 11 is 0. The largest absolute Gasteiger partial charge is 0.493 e. The van der Waals surface area contributed by atoms with E-state index < -0.39 is 11.2 Å². The van der Waals surface area contributed by atoms with Gasteiger partial charge in [-0.05, 0) is 6.07 Å². The van der Waals surface area contributed by atoms with E-state index in [1.165, 1.54) is 22.5 Å². The Hall–Kier alpha value is -3.36. The molecule has 0 saturated heterocycles. The van der Waals surface area contributed by atoms with Crippen molar-refractivity contribution < 1.29 is 9.53 Å². The van der Waals surface area contributed by atoms with Crippen molar-refractivity contribution in [1.82, 2.24) is 24.0 Å². The highest BCUT2D eigenvalue weighted by atomic mass is 16.5. The topological polar surface area (TPSA) is 100 Å². The van der Waals surface area contributed by atoms with E-state index in [-0.39, 0.29) is 29.7 Å². The first-order chi connectivity index (χ1) is 13.0. The zero-order chi connectivity index (χ0) is 19.1. The van der Waals surface area contributed by atoms with Crippen LogP contribution in [-0.4, -0.2) is 31.2 Å². The summed E-state index contributed by atoms with van der Waals surface area (Å²) in [4.78, 5) is 41.2. The number of para-hydroxylation sites is 1. The lowest BCUT2D eigenvalue weighted by Gasteiger charge is -2.26. The van der Waals surface area contributed by atoms with E-state index >= 15 is 0 Å². The minimum Gasteiger partial charge on any atom is -0.493 e. The lowest BCUT2D eigenvalue weighted by Crippen LogP contribution is -2.38. The van der Waals surface area contributed by atoms with Gasteiger partial charge in [0, 0.05) is 26.1 Å². The van der Waals surface area contributed by atoms with E-state index in [9.17, 15) is 14.4 Å². The number of ether oxygens (including phenoxy) is 1. The van der Waals surface area contributed by atoms with Crippen LogP contribution in [0.2, 0.25) is 0 Å². The van der Waals surface area contributed by atoms with Crippen molar-refractivity contribution in [3.8, 4) is 5.75 Å². The van der Waals surface area contributed by atoms with Crippen molar-refractivity contribution >= 4 is 17.1 Å². The number of rotatable bonds is 3. The van der Waals surface area contributed by atoms with Gasteiger partial charge in [-0.25, -0.2) is 9.78 Å². The number of nitrogens with zero attached hydrogens (tertiary/aromatic N) is 4. The molecule has 2 aromatic heterocycles. The van der Waals surface area contributed by atoms with Crippen LogP contribution in [0.5, 0.6) is 5.75 Å². The summed E-state index contributed by atoms with van der Waals surface area (Å²) in [6, 6.07) is 7.45. The van der Waals surface area contributed by atoms with Crippen molar-refractivity contribution in [1.29, 1.82) is 0 Å². The monoisotopic (exact) mass is 369 g/mol. The molecule has 1 aromatic carbocycles. The molecule has 0 bridgehead atoms. The minimum atomic E-state index is -0.477. The van der Waals surface area contributed by atoms with Gasteiger partial charge in [0.2, 0.25) is 5.91 Å². The first-order valence-corrected chi connectivity index (χ1v) is 8.59. The Kier molecular flexibility index (Phi) is 4.06. The third-order valence-electron chi connectivity index (χ3n) is 4.82. The number of carbonyl (C=O) groups is 1. The Bertz CT molecular complexity index is 1160. The molecule has 9 heteroatoms. The highest BCUT2D eigenvalue weighted by Gasteiger charge is 2.23. The van der Waals surface area contributed by atoms with Gasteiger partial charge in [0.1, 0.15) is 12.3 Å². The fourth-order valence-electron chi connectivity index (χ4n) is 3.40. The van der Waals surface area contributed by atoms with E-state index in [0.29, 0.717) is 13.0 Å². The van der Waals surface area contributed by atoms with Crippen LogP contribution < -0.4 is 21.3 Å². The molecule has 0 spiro atoms. The van der Waals surface area contributed by atoms with Gasteiger partial charge >= 0.3 is 5.69 Å². The van der Waals surface area contributed by atoms with Crippen LogP contribution in [0.15, 0.2) is 40.2 Å². The van der Waals surface area contributed by atoms with Crippen LogP contribution in [0.4, 0.5) is 0 Å². The molecular weight excluding hydrogens is 350 g/mol. The Morgan fingerprint density at radius 3 is 2.85 bits per heavy atom. The molecule has 4 rings (SSSR count). The second-order valence-corrected chi connectivity index (χ2v) is 6.55. The average Bonchev–Trinajstić information content (AvgIpc) is 3.08. The van der Waals surface area contributed by atoms with Crippen LogP contribution in [0.3, 0.4) is 0 Å². The van der Waals surface area contributed by atoms with Gasteiger partial charge in [0.25, 0.3) is 5.56 Å². The van der Waals surface area contributed by atoms with Crippen LogP contribution in [0.25, 0.3) is 11.2 Å². The number of hydrogen-bond acceptors (Lipinski definition) is 5. The van der Waals surface area contributed by atoms with Crippen molar-refractivity contribution in [3.63, 3.8) is 0 Å². The number of carbonyl (C=O) groups excluding carboxylic acids is 1. The SMILES string of the molecule is Cn1c(=O)c2c(ncn2CC(=O)N[C@H]2CCOc3ccccc32)n(C)c1=O. The van der Waals surface area contributed by atoms with Gasteiger partial charge in [-0.3, -0.25) is 18.7 Å². The van der Waals surface area contributed by atoms with E-state index in [2.05, 4.69) is 10.3 Å². The molecular formula is C18H19N5O4. The number of imidazole rings is 1. The summed E-state index contributed by atoms with van der Waals surface area (Å²) in [5.74, 6) is 0.526. The molecule has 0 radical (unpaired) electrons. The molecule has 0 aliphatic carbocycles. The number of aromatic nitrogens is 4. The van der Waals surface area contributed by atoms with E-state index in [1.807, 2.05) is 24.3 Å². The summed E-state index contributed by atoms with van der Waals surface area (Å²) < 4.78 is 9.38. The van der Waals surface area contributed by atoms with Gasteiger partial charge in [0.05, 0.1) is 19.0 Å². The molecule has 1 atom stereocenters. The molecule has 3 heterocycles. The standard InChI is InChI=1S/C18H19N5O4/c1-21-16-15(17(25)22(2)18(21)26)23(10-19-16)9-14(24)20-12-7-8-27-13-6-4-3-5-11(12)13/h3-6,10,12H,7-9H2,1-2H3,(H,20,24)/t12-/m0/s1. The Balaban J connectivity index is 1.62. The Morgan fingerprint density at radius 1 is 1.26 bits per heavy atom. The molecule has 3 aromatic rings. The zero-order valence-corrected chi connectivity index (χ0v) is 15.0. The number of nitrogens with one attached hydrogen (secondary N) is 1. The number of aryl methyl sites for hydroxylation is 1. The summed E-state index contributed by atoms with van der Waals surface area (Å²) in [7, 11) is 2.95. The lowest BCUT2D eigenvalue weighted by atomic mass is 10.0. The van der Waals surface area contributed by atoms with Crippen LogP contribution in [0, 0.1) is 0 Å². The van der Waals surface area contributed by atoms with Crippen LogP contribution >= 0.6 is 0 Å². The molecule has 9 nitrogen and oxygen atoms in total. The Labute approximate surface area is 153 Å². The molecule has 1 aliphatic rings. The predicted molar refractivity (Wildman–Crippen MR) is 97.7 cm³/mol. The fraction of sp³-hybridized carbons (Fsp3) is 0.333.